The predicted molar refractivity (Wildman–Crippen MR) is 101 cm³/mol. The Kier molecular flexibility index (Phi) is 5.16. The molecule has 0 radical (unpaired) electrons. The van der Waals surface area contributed by atoms with Crippen LogP contribution in [0.3, 0.4) is 0 Å². The Hall–Kier alpha value is -3.07. The lowest BCUT2D eigenvalue weighted by atomic mass is 10.2. The summed E-state index contributed by atoms with van der Waals surface area (Å²) in [5.74, 6) is 0.232. The van der Waals surface area contributed by atoms with Gasteiger partial charge in [-0.3, -0.25) is 9.78 Å². The molecule has 0 N–H and O–H groups in total. The maximum absolute atomic E-state index is 13.2. The van der Waals surface area contributed by atoms with Gasteiger partial charge in [-0.1, -0.05) is 22.9 Å². The van der Waals surface area contributed by atoms with Gasteiger partial charge in [-0.15, -0.1) is 5.10 Å². The molecule has 3 heterocycles. The molecule has 8 nitrogen and oxygen atoms in total. The molecular formula is C18H17ClFN7O. The molecule has 2 aromatic heterocycles. The molecule has 1 aliphatic rings. The lowest BCUT2D eigenvalue weighted by molar-refractivity contribution is 0.0740. The largest absolute Gasteiger partial charge is 0.352 e. The molecule has 1 amide bonds. The number of halogens is 2. The van der Waals surface area contributed by atoms with E-state index in [0.29, 0.717) is 43.3 Å². The van der Waals surface area contributed by atoms with Crippen LogP contribution >= 0.6 is 11.6 Å². The van der Waals surface area contributed by atoms with Gasteiger partial charge in [0.25, 0.3) is 5.91 Å². The second kappa shape index (κ2) is 7.89. The van der Waals surface area contributed by atoms with E-state index < -0.39 is 5.82 Å². The summed E-state index contributed by atoms with van der Waals surface area (Å²) in [7, 11) is 0. The molecule has 3 aromatic rings. The van der Waals surface area contributed by atoms with Crippen molar-refractivity contribution in [3.63, 3.8) is 0 Å². The second-order valence-electron chi connectivity index (χ2n) is 6.38. The van der Waals surface area contributed by atoms with Crippen LogP contribution in [0, 0.1) is 5.82 Å². The van der Waals surface area contributed by atoms with Gasteiger partial charge in [-0.25, -0.2) is 14.1 Å². The number of rotatable bonds is 4. The van der Waals surface area contributed by atoms with Gasteiger partial charge >= 0.3 is 0 Å². The van der Waals surface area contributed by atoms with Gasteiger partial charge in [0.05, 0.1) is 18.9 Å². The third-order valence-corrected chi connectivity index (χ3v) is 4.90. The summed E-state index contributed by atoms with van der Waals surface area (Å²) in [6.45, 7) is 2.77. The summed E-state index contributed by atoms with van der Waals surface area (Å²) < 4.78 is 14.7. The van der Waals surface area contributed by atoms with E-state index in [4.69, 9.17) is 11.6 Å². The first kappa shape index (κ1) is 18.3. The number of nitrogens with zero attached hydrogens (tertiary/aromatic N) is 7. The van der Waals surface area contributed by atoms with Crippen molar-refractivity contribution in [2.45, 2.75) is 6.54 Å². The van der Waals surface area contributed by atoms with Crippen molar-refractivity contribution in [1.29, 1.82) is 0 Å². The first-order valence-corrected chi connectivity index (χ1v) is 9.12. The molecule has 0 saturated carbocycles. The first-order valence-electron chi connectivity index (χ1n) is 8.74. The minimum atomic E-state index is -0.399. The number of hydrogen-bond donors (Lipinski definition) is 0. The highest BCUT2D eigenvalue weighted by molar-refractivity contribution is 6.31. The zero-order valence-electron chi connectivity index (χ0n) is 14.9. The van der Waals surface area contributed by atoms with Crippen LogP contribution in [0.4, 0.5) is 10.2 Å². The topological polar surface area (TPSA) is 80.0 Å². The van der Waals surface area contributed by atoms with E-state index in [1.165, 1.54) is 16.8 Å². The normalized spacial score (nSPS) is 14.4. The standard InChI is InChI=1S/C18H17ClFN7O/c19-15-9-14(20)2-1-13(15)11-27-12-16(23-24-27)18(28)26-7-5-25(6-8-26)17-10-21-3-4-22-17/h1-4,9-10,12H,5-8,11H2. The van der Waals surface area contributed by atoms with Crippen LogP contribution < -0.4 is 4.90 Å². The highest BCUT2D eigenvalue weighted by atomic mass is 35.5. The van der Waals surface area contributed by atoms with Crippen LogP contribution in [0.2, 0.25) is 5.02 Å². The van der Waals surface area contributed by atoms with Crippen molar-refractivity contribution in [1.82, 2.24) is 29.9 Å². The van der Waals surface area contributed by atoms with Gasteiger partial charge in [-0.05, 0) is 17.7 Å². The van der Waals surface area contributed by atoms with Crippen molar-refractivity contribution in [2.75, 3.05) is 31.1 Å². The molecule has 0 spiro atoms. The molecule has 1 saturated heterocycles. The summed E-state index contributed by atoms with van der Waals surface area (Å²) in [5.41, 5.74) is 0.968. The molecule has 0 unspecified atom stereocenters. The third-order valence-electron chi connectivity index (χ3n) is 4.55. The molecule has 144 valence electrons. The van der Waals surface area contributed by atoms with Gasteiger partial charge in [0, 0.05) is 43.6 Å². The summed E-state index contributed by atoms with van der Waals surface area (Å²) >= 11 is 6.04. The maximum atomic E-state index is 13.2. The molecule has 4 rings (SSSR count). The number of benzene rings is 1. The minimum Gasteiger partial charge on any atom is -0.352 e. The lowest BCUT2D eigenvalue weighted by Crippen LogP contribution is -2.49. The predicted octanol–water partition coefficient (Wildman–Crippen LogP) is 1.87. The lowest BCUT2D eigenvalue weighted by Gasteiger charge is -2.34. The zero-order chi connectivity index (χ0) is 19.5. The van der Waals surface area contributed by atoms with Crippen molar-refractivity contribution < 1.29 is 9.18 Å². The van der Waals surface area contributed by atoms with Crippen molar-refractivity contribution in [3.05, 3.63) is 65.1 Å². The minimum absolute atomic E-state index is 0.171. The summed E-state index contributed by atoms with van der Waals surface area (Å²) in [6.07, 6.45) is 6.57. The van der Waals surface area contributed by atoms with Crippen LogP contribution in [-0.2, 0) is 6.54 Å². The van der Waals surface area contributed by atoms with Gasteiger partial charge < -0.3 is 9.80 Å². The molecule has 0 atom stereocenters. The van der Waals surface area contributed by atoms with Crippen molar-refractivity contribution in [2.24, 2.45) is 0 Å². The first-order chi connectivity index (χ1) is 13.6. The van der Waals surface area contributed by atoms with Crippen molar-refractivity contribution in [3.8, 4) is 0 Å². The van der Waals surface area contributed by atoms with E-state index in [1.54, 1.807) is 35.8 Å². The zero-order valence-corrected chi connectivity index (χ0v) is 15.6. The number of amides is 1. The molecule has 28 heavy (non-hydrogen) atoms. The average molecular weight is 402 g/mol. The van der Waals surface area contributed by atoms with Crippen LogP contribution in [0.15, 0.2) is 43.0 Å². The molecule has 0 bridgehead atoms. The average Bonchev–Trinajstić information content (AvgIpc) is 3.19. The van der Waals surface area contributed by atoms with Crippen LogP contribution in [0.1, 0.15) is 16.1 Å². The Morgan fingerprint density at radius 3 is 2.71 bits per heavy atom. The molecular weight excluding hydrogens is 385 g/mol. The quantitative estimate of drug-likeness (QED) is 0.664. The number of hydrogen-bond acceptors (Lipinski definition) is 6. The van der Waals surface area contributed by atoms with E-state index in [0.717, 1.165) is 5.82 Å². The van der Waals surface area contributed by atoms with Crippen LogP contribution in [0.25, 0.3) is 0 Å². The molecule has 0 aliphatic carbocycles. The van der Waals surface area contributed by atoms with E-state index in [1.807, 2.05) is 0 Å². The fraction of sp³-hybridized carbons (Fsp3) is 0.278. The highest BCUT2D eigenvalue weighted by Crippen LogP contribution is 2.18. The Labute approximate surface area is 165 Å². The Morgan fingerprint density at radius 1 is 1.18 bits per heavy atom. The van der Waals surface area contributed by atoms with E-state index >= 15 is 0 Å². The summed E-state index contributed by atoms with van der Waals surface area (Å²) in [5, 5.41) is 8.28. The fourth-order valence-electron chi connectivity index (χ4n) is 3.05. The van der Waals surface area contributed by atoms with Gasteiger partial charge in [-0.2, -0.15) is 0 Å². The second-order valence-corrected chi connectivity index (χ2v) is 6.79. The highest BCUT2D eigenvalue weighted by Gasteiger charge is 2.24. The molecule has 1 aliphatic heterocycles. The maximum Gasteiger partial charge on any atom is 0.276 e. The fourth-order valence-corrected chi connectivity index (χ4v) is 3.28. The SMILES string of the molecule is O=C(c1cn(Cc2ccc(F)cc2Cl)nn1)N1CCN(c2cnccn2)CC1. The van der Waals surface area contributed by atoms with Crippen LogP contribution in [0.5, 0.6) is 0 Å². The van der Waals surface area contributed by atoms with Gasteiger partial charge in [0.1, 0.15) is 11.6 Å². The third kappa shape index (κ3) is 3.94. The van der Waals surface area contributed by atoms with E-state index in [9.17, 15) is 9.18 Å². The number of aromatic nitrogens is 5. The van der Waals surface area contributed by atoms with E-state index in [-0.39, 0.29) is 11.6 Å². The molecule has 1 fully saturated rings. The number of anilines is 1. The van der Waals surface area contributed by atoms with Gasteiger partial charge in [0.2, 0.25) is 0 Å². The molecule has 1 aromatic carbocycles. The molecule has 10 heteroatoms. The Balaban J connectivity index is 1.38. The summed E-state index contributed by atoms with van der Waals surface area (Å²) in [4.78, 5) is 24.9. The monoisotopic (exact) mass is 401 g/mol. The number of carbonyl (C=O) groups is 1. The summed E-state index contributed by atoms with van der Waals surface area (Å²) in [6, 6.07) is 4.17. The smallest absolute Gasteiger partial charge is 0.276 e. The Morgan fingerprint density at radius 2 is 2.00 bits per heavy atom. The number of carbonyl (C=O) groups excluding carboxylic acids is 1. The van der Waals surface area contributed by atoms with Crippen LogP contribution in [-0.4, -0.2) is 61.9 Å². The van der Waals surface area contributed by atoms with Gasteiger partial charge in [0.15, 0.2) is 5.69 Å². The Bertz CT molecular complexity index is 973. The van der Waals surface area contributed by atoms with E-state index in [2.05, 4.69) is 25.2 Å². The van der Waals surface area contributed by atoms with Crippen molar-refractivity contribution >= 4 is 23.3 Å². The number of piperazine rings is 1.